The van der Waals surface area contributed by atoms with Crippen molar-refractivity contribution in [2.24, 2.45) is 0 Å². The van der Waals surface area contributed by atoms with Gasteiger partial charge in [-0.1, -0.05) is 12.1 Å². The van der Waals surface area contributed by atoms with E-state index in [9.17, 15) is 4.79 Å². The minimum atomic E-state index is -0.240. The number of aryl methyl sites for hydroxylation is 1. The topological polar surface area (TPSA) is 60.5 Å². The van der Waals surface area contributed by atoms with E-state index in [4.69, 9.17) is 9.47 Å². The number of nitrogens with one attached hydrogen (secondary N) is 1. The summed E-state index contributed by atoms with van der Waals surface area (Å²) in [6.45, 7) is 1.90. The van der Waals surface area contributed by atoms with Crippen molar-refractivity contribution in [3.05, 3.63) is 59.0 Å². The van der Waals surface area contributed by atoms with Crippen LogP contribution in [0.3, 0.4) is 0 Å². The molecule has 0 saturated carbocycles. The highest BCUT2D eigenvalue weighted by atomic mass is 32.1. The van der Waals surface area contributed by atoms with Crippen LogP contribution in [-0.2, 0) is 0 Å². The molecule has 25 heavy (non-hydrogen) atoms. The maximum absolute atomic E-state index is 12.5. The Labute approximate surface area is 150 Å². The van der Waals surface area contributed by atoms with Crippen LogP contribution in [0.25, 0.3) is 11.3 Å². The number of amides is 1. The summed E-state index contributed by atoms with van der Waals surface area (Å²) < 4.78 is 10.5. The number of nitrogens with zero attached hydrogens (tertiary/aromatic N) is 1. The molecule has 1 heterocycles. The van der Waals surface area contributed by atoms with E-state index < -0.39 is 0 Å². The standard InChI is InChI=1S/C19H18N2O3S/c1-12-5-4-6-15(17(12)24-3)18(22)21-19-20-16(11-25-19)13-7-9-14(23-2)10-8-13/h4-11H,1-3H3,(H,20,21,22). The maximum atomic E-state index is 12.5. The summed E-state index contributed by atoms with van der Waals surface area (Å²) in [7, 11) is 3.19. The van der Waals surface area contributed by atoms with Crippen LogP contribution in [0.15, 0.2) is 47.8 Å². The van der Waals surface area contributed by atoms with Gasteiger partial charge in [-0.2, -0.15) is 0 Å². The van der Waals surface area contributed by atoms with Crippen LogP contribution in [0.2, 0.25) is 0 Å². The lowest BCUT2D eigenvalue weighted by Gasteiger charge is -2.10. The number of benzene rings is 2. The quantitative estimate of drug-likeness (QED) is 0.738. The molecule has 6 heteroatoms. The molecule has 0 radical (unpaired) electrons. The Bertz CT molecular complexity index is 888. The van der Waals surface area contributed by atoms with Crippen molar-refractivity contribution >= 4 is 22.4 Å². The number of thiazole rings is 1. The number of hydrogen-bond donors (Lipinski definition) is 1. The Morgan fingerprint density at radius 3 is 2.52 bits per heavy atom. The summed E-state index contributed by atoms with van der Waals surface area (Å²) in [6, 6.07) is 13.1. The molecule has 0 bridgehead atoms. The molecule has 0 fully saturated rings. The van der Waals surface area contributed by atoms with Gasteiger partial charge in [0.05, 0.1) is 25.5 Å². The highest BCUT2D eigenvalue weighted by molar-refractivity contribution is 7.14. The third kappa shape index (κ3) is 3.64. The molecule has 0 aliphatic carbocycles. The van der Waals surface area contributed by atoms with E-state index in [0.717, 1.165) is 22.6 Å². The van der Waals surface area contributed by atoms with Crippen LogP contribution in [0.4, 0.5) is 5.13 Å². The Hall–Kier alpha value is -2.86. The van der Waals surface area contributed by atoms with Gasteiger partial charge in [0.15, 0.2) is 5.13 Å². The second-order valence-corrected chi connectivity index (χ2v) is 6.23. The van der Waals surface area contributed by atoms with E-state index in [1.54, 1.807) is 20.3 Å². The number of methoxy groups -OCH3 is 2. The molecule has 0 unspecified atom stereocenters. The zero-order chi connectivity index (χ0) is 17.8. The molecule has 0 aliphatic rings. The van der Waals surface area contributed by atoms with Gasteiger partial charge >= 0.3 is 0 Å². The molecule has 0 spiro atoms. The largest absolute Gasteiger partial charge is 0.497 e. The summed E-state index contributed by atoms with van der Waals surface area (Å²) in [5.41, 5.74) is 3.17. The molecule has 1 amide bonds. The molecule has 3 aromatic rings. The summed E-state index contributed by atoms with van der Waals surface area (Å²) in [5, 5.41) is 5.29. The Kier molecular flexibility index (Phi) is 5.00. The van der Waals surface area contributed by atoms with E-state index >= 15 is 0 Å². The Balaban J connectivity index is 1.79. The lowest BCUT2D eigenvalue weighted by Crippen LogP contribution is -2.13. The molecule has 0 aliphatic heterocycles. The van der Waals surface area contributed by atoms with E-state index in [1.165, 1.54) is 11.3 Å². The van der Waals surface area contributed by atoms with Crippen molar-refractivity contribution in [1.82, 2.24) is 4.98 Å². The zero-order valence-electron chi connectivity index (χ0n) is 14.2. The fourth-order valence-electron chi connectivity index (χ4n) is 2.49. The number of rotatable bonds is 5. The average Bonchev–Trinajstić information content (AvgIpc) is 3.10. The second kappa shape index (κ2) is 7.36. The van der Waals surface area contributed by atoms with Gasteiger partial charge in [0.1, 0.15) is 11.5 Å². The van der Waals surface area contributed by atoms with Gasteiger partial charge in [-0.15, -0.1) is 11.3 Å². The van der Waals surface area contributed by atoms with Crippen LogP contribution in [0.5, 0.6) is 11.5 Å². The fourth-order valence-corrected chi connectivity index (χ4v) is 3.21. The van der Waals surface area contributed by atoms with Gasteiger partial charge in [-0.05, 0) is 42.8 Å². The lowest BCUT2D eigenvalue weighted by atomic mass is 10.1. The highest BCUT2D eigenvalue weighted by Gasteiger charge is 2.15. The minimum absolute atomic E-state index is 0.240. The Morgan fingerprint density at radius 2 is 1.84 bits per heavy atom. The van der Waals surface area contributed by atoms with Crippen molar-refractivity contribution in [3.8, 4) is 22.8 Å². The minimum Gasteiger partial charge on any atom is -0.497 e. The first-order valence-electron chi connectivity index (χ1n) is 7.67. The molecule has 2 aromatic carbocycles. The monoisotopic (exact) mass is 354 g/mol. The molecule has 5 nitrogen and oxygen atoms in total. The van der Waals surface area contributed by atoms with Crippen LogP contribution >= 0.6 is 11.3 Å². The number of para-hydroxylation sites is 1. The number of carbonyl (C=O) groups is 1. The normalized spacial score (nSPS) is 10.4. The predicted molar refractivity (Wildman–Crippen MR) is 99.8 cm³/mol. The first-order valence-corrected chi connectivity index (χ1v) is 8.55. The van der Waals surface area contributed by atoms with E-state index in [1.807, 2.05) is 48.7 Å². The van der Waals surface area contributed by atoms with Crippen LogP contribution in [-0.4, -0.2) is 25.1 Å². The van der Waals surface area contributed by atoms with Gasteiger partial charge in [0, 0.05) is 10.9 Å². The third-order valence-corrected chi connectivity index (χ3v) is 4.53. The smallest absolute Gasteiger partial charge is 0.261 e. The molecule has 0 atom stereocenters. The third-order valence-electron chi connectivity index (χ3n) is 3.77. The van der Waals surface area contributed by atoms with E-state index in [-0.39, 0.29) is 5.91 Å². The number of hydrogen-bond acceptors (Lipinski definition) is 5. The molecular weight excluding hydrogens is 336 g/mol. The van der Waals surface area contributed by atoms with Crippen molar-refractivity contribution in [1.29, 1.82) is 0 Å². The molecule has 1 N–H and O–H groups in total. The summed E-state index contributed by atoms with van der Waals surface area (Å²) >= 11 is 1.38. The predicted octanol–water partition coefficient (Wildman–Crippen LogP) is 4.39. The molecular formula is C19H18N2O3S. The molecule has 0 saturated heterocycles. The van der Waals surface area contributed by atoms with Crippen LogP contribution in [0, 0.1) is 6.92 Å². The van der Waals surface area contributed by atoms with Crippen molar-refractivity contribution < 1.29 is 14.3 Å². The summed E-state index contributed by atoms with van der Waals surface area (Å²) in [6.07, 6.45) is 0. The number of carbonyl (C=O) groups excluding carboxylic acids is 1. The average molecular weight is 354 g/mol. The SMILES string of the molecule is COc1ccc(-c2csc(NC(=O)c3cccc(C)c3OC)n2)cc1. The van der Waals surface area contributed by atoms with Crippen molar-refractivity contribution in [3.63, 3.8) is 0 Å². The van der Waals surface area contributed by atoms with Gasteiger partial charge in [-0.3, -0.25) is 10.1 Å². The second-order valence-electron chi connectivity index (χ2n) is 5.38. The zero-order valence-corrected chi connectivity index (χ0v) is 15.0. The lowest BCUT2D eigenvalue weighted by molar-refractivity contribution is 0.102. The maximum Gasteiger partial charge on any atom is 0.261 e. The van der Waals surface area contributed by atoms with Gasteiger partial charge < -0.3 is 9.47 Å². The number of anilines is 1. The number of ether oxygens (including phenoxy) is 2. The van der Waals surface area contributed by atoms with Crippen LogP contribution < -0.4 is 14.8 Å². The molecule has 128 valence electrons. The van der Waals surface area contributed by atoms with Gasteiger partial charge in [0.25, 0.3) is 5.91 Å². The van der Waals surface area contributed by atoms with E-state index in [0.29, 0.717) is 16.4 Å². The van der Waals surface area contributed by atoms with Crippen molar-refractivity contribution in [2.45, 2.75) is 6.92 Å². The highest BCUT2D eigenvalue weighted by Crippen LogP contribution is 2.28. The summed E-state index contributed by atoms with van der Waals surface area (Å²) in [5.74, 6) is 1.13. The van der Waals surface area contributed by atoms with E-state index in [2.05, 4.69) is 10.3 Å². The number of aromatic nitrogens is 1. The Morgan fingerprint density at radius 1 is 1.08 bits per heavy atom. The van der Waals surface area contributed by atoms with Crippen LogP contribution in [0.1, 0.15) is 15.9 Å². The first-order chi connectivity index (χ1) is 12.1. The molecule has 3 rings (SSSR count). The summed E-state index contributed by atoms with van der Waals surface area (Å²) in [4.78, 5) is 17.0. The first kappa shape index (κ1) is 17.0. The van der Waals surface area contributed by atoms with Gasteiger partial charge in [-0.25, -0.2) is 4.98 Å². The van der Waals surface area contributed by atoms with Crippen molar-refractivity contribution in [2.75, 3.05) is 19.5 Å². The fraction of sp³-hybridized carbons (Fsp3) is 0.158. The molecule has 1 aromatic heterocycles. The van der Waals surface area contributed by atoms with Gasteiger partial charge in [0.2, 0.25) is 0 Å².